The van der Waals surface area contributed by atoms with Gasteiger partial charge in [0.05, 0.1) is 12.7 Å². The predicted octanol–water partition coefficient (Wildman–Crippen LogP) is 3.60. The third kappa shape index (κ3) is 2.59. The average Bonchev–Trinajstić information content (AvgIpc) is 2.20. The van der Waals surface area contributed by atoms with Crippen molar-refractivity contribution in [3.8, 4) is 5.75 Å². The zero-order chi connectivity index (χ0) is 11.6. The van der Waals surface area contributed by atoms with Gasteiger partial charge in [0.25, 0.3) is 0 Å². The number of Topliss-reactive ketones (excluding diaryl/α,β-unsaturated/α-hetero) is 1. The second-order valence-corrected chi connectivity index (χ2v) is 4.67. The van der Waals surface area contributed by atoms with Crippen LogP contribution in [0.2, 0.25) is 0 Å². The van der Waals surface area contributed by atoms with E-state index in [2.05, 4.69) is 15.9 Å². The summed E-state index contributed by atoms with van der Waals surface area (Å²) in [5, 5.41) is 0. The van der Waals surface area contributed by atoms with Gasteiger partial charge in [-0.05, 0) is 24.6 Å². The fourth-order valence-electron chi connectivity index (χ4n) is 1.34. The minimum absolute atomic E-state index is 0.0144. The Balaban J connectivity index is 3.27. The van der Waals surface area contributed by atoms with E-state index < -0.39 is 0 Å². The van der Waals surface area contributed by atoms with E-state index in [1.165, 1.54) is 0 Å². The molecule has 82 valence electrons. The first-order chi connectivity index (χ1) is 6.97. The molecule has 0 saturated heterocycles. The summed E-state index contributed by atoms with van der Waals surface area (Å²) in [6.07, 6.45) is 0. The Kier molecular flexibility index (Phi) is 3.91. The lowest BCUT2D eigenvalue weighted by Gasteiger charge is -2.11. The predicted molar refractivity (Wildman–Crippen MR) is 64.6 cm³/mol. The zero-order valence-corrected chi connectivity index (χ0v) is 11.0. The molecule has 2 nitrogen and oxygen atoms in total. The maximum atomic E-state index is 11.9. The highest BCUT2D eigenvalue weighted by molar-refractivity contribution is 9.10. The van der Waals surface area contributed by atoms with Gasteiger partial charge in [-0.15, -0.1) is 0 Å². The number of benzene rings is 1. The number of aryl methyl sites for hydroxylation is 1. The molecule has 0 fully saturated rings. The molecule has 3 heteroatoms. The van der Waals surface area contributed by atoms with Crippen LogP contribution in [0, 0.1) is 12.8 Å². The minimum atomic E-state index is -0.0144. The van der Waals surface area contributed by atoms with Gasteiger partial charge >= 0.3 is 0 Å². The van der Waals surface area contributed by atoms with Crippen LogP contribution in [0.15, 0.2) is 16.6 Å². The van der Waals surface area contributed by atoms with E-state index in [-0.39, 0.29) is 11.7 Å². The van der Waals surface area contributed by atoms with Gasteiger partial charge in [0, 0.05) is 10.4 Å². The number of carbonyl (C=O) groups is 1. The highest BCUT2D eigenvalue weighted by Crippen LogP contribution is 2.28. The van der Waals surface area contributed by atoms with Gasteiger partial charge in [0.1, 0.15) is 5.75 Å². The van der Waals surface area contributed by atoms with E-state index in [1.807, 2.05) is 32.9 Å². The largest absolute Gasteiger partial charge is 0.496 e. The van der Waals surface area contributed by atoms with Gasteiger partial charge in [-0.1, -0.05) is 29.8 Å². The maximum Gasteiger partial charge on any atom is 0.169 e. The number of hydrogen-bond acceptors (Lipinski definition) is 2. The molecular weight excluding hydrogens is 256 g/mol. The first kappa shape index (κ1) is 12.2. The van der Waals surface area contributed by atoms with Crippen LogP contribution in [-0.4, -0.2) is 12.9 Å². The molecular formula is C12H15BrO2. The van der Waals surface area contributed by atoms with Crippen molar-refractivity contribution in [2.45, 2.75) is 20.8 Å². The van der Waals surface area contributed by atoms with Gasteiger partial charge in [-0.2, -0.15) is 0 Å². The number of methoxy groups -OCH3 is 1. The van der Waals surface area contributed by atoms with Gasteiger partial charge in [0.15, 0.2) is 5.78 Å². The Morgan fingerprint density at radius 2 is 2.00 bits per heavy atom. The Morgan fingerprint density at radius 3 is 2.47 bits per heavy atom. The fraction of sp³-hybridized carbons (Fsp3) is 0.417. The number of rotatable bonds is 3. The molecule has 1 aromatic carbocycles. The smallest absolute Gasteiger partial charge is 0.169 e. The van der Waals surface area contributed by atoms with Gasteiger partial charge in [-0.3, -0.25) is 4.79 Å². The summed E-state index contributed by atoms with van der Waals surface area (Å²) in [4.78, 5) is 11.9. The van der Waals surface area contributed by atoms with Crippen molar-refractivity contribution in [3.63, 3.8) is 0 Å². The van der Waals surface area contributed by atoms with Crippen molar-refractivity contribution < 1.29 is 9.53 Å². The second-order valence-electron chi connectivity index (χ2n) is 3.82. The van der Waals surface area contributed by atoms with Crippen LogP contribution < -0.4 is 4.74 Å². The van der Waals surface area contributed by atoms with Crippen molar-refractivity contribution in [2.75, 3.05) is 7.11 Å². The van der Waals surface area contributed by atoms with E-state index in [0.29, 0.717) is 11.3 Å². The summed E-state index contributed by atoms with van der Waals surface area (Å²) in [5.41, 5.74) is 1.70. The molecule has 0 aromatic heterocycles. The van der Waals surface area contributed by atoms with E-state index in [9.17, 15) is 4.79 Å². The van der Waals surface area contributed by atoms with Crippen LogP contribution in [0.5, 0.6) is 5.75 Å². The number of halogens is 1. The summed E-state index contributed by atoms with van der Waals surface area (Å²) < 4.78 is 6.16. The Labute approximate surface area is 98.8 Å². The van der Waals surface area contributed by atoms with E-state index in [1.54, 1.807) is 7.11 Å². The maximum absolute atomic E-state index is 11.9. The van der Waals surface area contributed by atoms with Crippen molar-refractivity contribution in [1.29, 1.82) is 0 Å². The van der Waals surface area contributed by atoms with Crippen molar-refractivity contribution in [2.24, 2.45) is 5.92 Å². The van der Waals surface area contributed by atoms with Crippen LogP contribution in [0.1, 0.15) is 29.8 Å². The van der Waals surface area contributed by atoms with Crippen LogP contribution in [-0.2, 0) is 0 Å². The molecule has 0 N–H and O–H groups in total. The molecule has 0 aliphatic carbocycles. The topological polar surface area (TPSA) is 26.3 Å². The summed E-state index contributed by atoms with van der Waals surface area (Å²) in [5.74, 6) is 0.730. The summed E-state index contributed by atoms with van der Waals surface area (Å²) in [6.45, 7) is 5.74. The molecule has 1 rings (SSSR count). The molecule has 0 unspecified atom stereocenters. The van der Waals surface area contributed by atoms with Crippen LogP contribution >= 0.6 is 15.9 Å². The summed E-state index contributed by atoms with van der Waals surface area (Å²) in [6, 6.07) is 3.70. The van der Waals surface area contributed by atoms with Crippen LogP contribution in [0.4, 0.5) is 0 Å². The van der Waals surface area contributed by atoms with Crippen LogP contribution in [0.3, 0.4) is 0 Å². The number of ketones is 1. The van der Waals surface area contributed by atoms with Gasteiger partial charge in [0.2, 0.25) is 0 Å². The fourth-order valence-corrected chi connectivity index (χ4v) is 1.66. The van der Waals surface area contributed by atoms with E-state index in [0.717, 1.165) is 10.0 Å². The lowest BCUT2D eigenvalue weighted by molar-refractivity contribution is 0.0936. The Hall–Kier alpha value is -0.830. The quantitative estimate of drug-likeness (QED) is 0.785. The molecule has 0 heterocycles. The van der Waals surface area contributed by atoms with Crippen LogP contribution in [0.25, 0.3) is 0 Å². The first-order valence-corrected chi connectivity index (χ1v) is 5.65. The molecule has 15 heavy (non-hydrogen) atoms. The third-order valence-corrected chi connectivity index (χ3v) is 3.12. The third-order valence-electron chi connectivity index (χ3n) is 2.27. The molecule has 0 atom stereocenters. The van der Waals surface area contributed by atoms with E-state index in [4.69, 9.17) is 4.74 Å². The zero-order valence-electron chi connectivity index (χ0n) is 9.43. The first-order valence-electron chi connectivity index (χ1n) is 4.85. The van der Waals surface area contributed by atoms with Crippen molar-refractivity contribution in [1.82, 2.24) is 0 Å². The lowest BCUT2D eigenvalue weighted by atomic mass is 9.99. The Bertz CT molecular complexity index is 383. The Morgan fingerprint density at radius 1 is 1.40 bits per heavy atom. The number of hydrogen-bond donors (Lipinski definition) is 0. The molecule has 0 amide bonds. The SMILES string of the molecule is COc1cc(Br)c(C)cc1C(=O)C(C)C. The summed E-state index contributed by atoms with van der Waals surface area (Å²) in [7, 11) is 1.58. The van der Waals surface area contributed by atoms with E-state index >= 15 is 0 Å². The molecule has 0 bridgehead atoms. The molecule has 0 radical (unpaired) electrons. The number of ether oxygens (including phenoxy) is 1. The normalized spacial score (nSPS) is 10.5. The molecule has 0 aliphatic rings. The highest BCUT2D eigenvalue weighted by atomic mass is 79.9. The van der Waals surface area contributed by atoms with Crippen molar-refractivity contribution in [3.05, 3.63) is 27.7 Å². The van der Waals surface area contributed by atoms with Gasteiger partial charge in [-0.25, -0.2) is 0 Å². The van der Waals surface area contributed by atoms with Gasteiger partial charge < -0.3 is 4.74 Å². The second kappa shape index (κ2) is 4.79. The lowest BCUT2D eigenvalue weighted by Crippen LogP contribution is -2.09. The van der Waals surface area contributed by atoms with Crippen molar-refractivity contribution >= 4 is 21.7 Å². The summed E-state index contributed by atoms with van der Waals surface area (Å²) >= 11 is 3.42. The minimum Gasteiger partial charge on any atom is -0.496 e. The molecule has 0 spiro atoms. The molecule has 1 aromatic rings. The molecule has 0 saturated carbocycles. The standard InChI is InChI=1S/C12H15BrO2/c1-7(2)12(14)9-5-8(3)10(13)6-11(9)15-4/h5-7H,1-4H3. The monoisotopic (exact) mass is 270 g/mol. The highest BCUT2D eigenvalue weighted by Gasteiger charge is 2.16. The number of carbonyl (C=O) groups excluding carboxylic acids is 1. The average molecular weight is 271 g/mol. The molecule has 0 aliphatic heterocycles.